The van der Waals surface area contributed by atoms with Gasteiger partial charge in [-0.1, -0.05) is 12.1 Å². The zero-order valence-electron chi connectivity index (χ0n) is 13.1. The van der Waals surface area contributed by atoms with Gasteiger partial charge in [0.25, 0.3) is 11.6 Å². The molecule has 0 atom stereocenters. The molecule has 0 aromatic heterocycles. The molecule has 1 heterocycles. The van der Waals surface area contributed by atoms with Gasteiger partial charge in [-0.05, 0) is 48.1 Å². The van der Waals surface area contributed by atoms with Gasteiger partial charge in [0.15, 0.2) is 5.11 Å². The highest BCUT2D eigenvalue weighted by atomic mass is 32.1. The molecule has 2 aromatic rings. The number of carbonyl (C=O) groups excluding carboxylic acids is 2. The lowest BCUT2D eigenvalue weighted by Crippen LogP contribution is -2.21. The van der Waals surface area contributed by atoms with Crippen molar-refractivity contribution in [1.29, 1.82) is 0 Å². The molecule has 2 N–H and O–H groups in total. The molecule has 0 unspecified atom stereocenters. The number of ether oxygens (including phenoxy) is 1. The molecule has 1 fully saturated rings. The van der Waals surface area contributed by atoms with E-state index in [9.17, 15) is 19.7 Å². The predicted octanol–water partition coefficient (Wildman–Crippen LogP) is 2.16. The predicted molar refractivity (Wildman–Crippen MR) is 96.4 cm³/mol. The van der Waals surface area contributed by atoms with Crippen molar-refractivity contribution in [3.8, 4) is 5.75 Å². The Kier molecular flexibility index (Phi) is 4.72. The van der Waals surface area contributed by atoms with E-state index in [4.69, 9.17) is 17.0 Å². The number of hydrogen-bond acceptors (Lipinski definition) is 6. The van der Waals surface area contributed by atoms with Crippen LogP contribution in [0.1, 0.15) is 15.9 Å². The Labute approximate surface area is 152 Å². The SMILES string of the molecule is O=C1NC(=S)N/C1=C/c1ccc(OC(=O)c2ccc([N+](=O)[O-])cc2)cc1. The lowest BCUT2D eigenvalue weighted by atomic mass is 10.2. The third-order valence-electron chi connectivity index (χ3n) is 3.44. The molecular formula is C17H11N3O5S. The standard InChI is InChI=1S/C17H11N3O5S/c21-15-14(18-17(26)19-15)9-10-1-7-13(8-2-10)25-16(22)11-3-5-12(6-4-11)20(23)24/h1-9H,(H2,18,19,21,26)/b14-9+. The Bertz CT molecular complexity index is 936. The van der Waals surface area contributed by atoms with E-state index in [1.54, 1.807) is 30.3 Å². The van der Waals surface area contributed by atoms with Crippen molar-refractivity contribution in [1.82, 2.24) is 10.6 Å². The molecule has 26 heavy (non-hydrogen) atoms. The summed E-state index contributed by atoms with van der Waals surface area (Å²) in [5, 5.41) is 16.0. The number of nitro groups is 1. The normalized spacial score (nSPS) is 14.7. The summed E-state index contributed by atoms with van der Waals surface area (Å²) in [6, 6.07) is 11.6. The van der Waals surface area contributed by atoms with Crippen molar-refractivity contribution in [2.24, 2.45) is 0 Å². The van der Waals surface area contributed by atoms with Crippen LogP contribution in [0.25, 0.3) is 6.08 Å². The lowest BCUT2D eigenvalue weighted by Gasteiger charge is -2.05. The first kappa shape index (κ1) is 17.2. The Morgan fingerprint density at radius 2 is 1.73 bits per heavy atom. The van der Waals surface area contributed by atoms with Gasteiger partial charge in [0.1, 0.15) is 11.4 Å². The fraction of sp³-hybridized carbons (Fsp3) is 0. The van der Waals surface area contributed by atoms with Gasteiger partial charge in [0.2, 0.25) is 0 Å². The largest absolute Gasteiger partial charge is 0.423 e. The second kappa shape index (κ2) is 7.11. The van der Waals surface area contributed by atoms with Crippen LogP contribution in [0, 0.1) is 10.1 Å². The molecule has 2 aromatic carbocycles. The first-order valence-electron chi connectivity index (χ1n) is 7.33. The van der Waals surface area contributed by atoms with Crippen LogP contribution >= 0.6 is 12.2 Å². The van der Waals surface area contributed by atoms with E-state index in [1.165, 1.54) is 24.3 Å². The van der Waals surface area contributed by atoms with Gasteiger partial charge in [0, 0.05) is 12.1 Å². The summed E-state index contributed by atoms with van der Waals surface area (Å²) in [6.45, 7) is 0. The highest BCUT2D eigenvalue weighted by Crippen LogP contribution is 2.18. The smallest absolute Gasteiger partial charge is 0.343 e. The molecule has 0 bridgehead atoms. The minimum Gasteiger partial charge on any atom is -0.423 e. The number of nitro benzene ring substituents is 1. The Morgan fingerprint density at radius 1 is 1.08 bits per heavy atom. The topological polar surface area (TPSA) is 111 Å². The van der Waals surface area contributed by atoms with Crippen molar-refractivity contribution in [3.63, 3.8) is 0 Å². The van der Waals surface area contributed by atoms with Gasteiger partial charge in [-0.2, -0.15) is 0 Å². The molecule has 8 nitrogen and oxygen atoms in total. The third kappa shape index (κ3) is 3.90. The van der Waals surface area contributed by atoms with Crippen molar-refractivity contribution in [2.75, 3.05) is 0 Å². The van der Waals surface area contributed by atoms with Gasteiger partial charge in [-0.15, -0.1) is 0 Å². The molecule has 1 aliphatic heterocycles. The number of hydrogen-bond donors (Lipinski definition) is 2. The molecule has 9 heteroatoms. The molecule has 0 spiro atoms. The quantitative estimate of drug-likeness (QED) is 0.212. The molecule has 0 saturated carbocycles. The van der Waals surface area contributed by atoms with Crippen LogP contribution in [0.15, 0.2) is 54.2 Å². The number of nitrogens with zero attached hydrogens (tertiary/aromatic N) is 1. The van der Waals surface area contributed by atoms with Crippen molar-refractivity contribution >= 4 is 41.0 Å². The van der Waals surface area contributed by atoms with Crippen LogP contribution < -0.4 is 15.4 Å². The van der Waals surface area contributed by atoms with E-state index < -0.39 is 10.9 Å². The van der Waals surface area contributed by atoms with Gasteiger partial charge >= 0.3 is 5.97 Å². The summed E-state index contributed by atoms with van der Waals surface area (Å²) in [6.07, 6.45) is 1.61. The summed E-state index contributed by atoms with van der Waals surface area (Å²) in [7, 11) is 0. The number of esters is 1. The maximum atomic E-state index is 12.1. The number of amides is 1. The number of nitrogens with one attached hydrogen (secondary N) is 2. The molecule has 1 aliphatic rings. The number of carbonyl (C=O) groups is 2. The molecule has 130 valence electrons. The summed E-state index contributed by atoms with van der Waals surface area (Å²) >= 11 is 4.85. The zero-order valence-corrected chi connectivity index (χ0v) is 13.9. The Hall–Kier alpha value is -3.59. The molecule has 1 saturated heterocycles. The van der Waals surface area contributed by atoms with Crippen molar-refractivity contribution in [2.45, 2.75) is 0 Å². The van der Waals surface area contributed by atoms with E-state index in [0.717, 1.165) is 0 Å². The van der Waals surface area contributed by atoms with E-state index in [2.05, 4.69) is 10.6 Å². The van der Waals surface area contributed by atoms with Crippen molar-refractivity contribution in [3.05, 3.63) is 75.5 Å². The van der Waals surface area contributed by atoms with Crippen LogP contribution in [-0.2, 0) is 4.79 Å². The molecule has 3 rings (SSSR count). The van der Waals surface area contributed by atoms with Crippen molar-refractivity contribution < 1.29 is 19.2 Å². The number of rotatable bonds is 4. The van der Waals surface area contributed by atoms with Gasteiger partial charge in [0.05, 0.1) is 10.5 Å². The summed E-state index contributed by atoms with van der Waals surface area (Å²) < 4.78 is 5.22. The average Bonchev–Trinajstić information content (AvgIpc) is 2.94. The molecule has 0 radical (unpaired) electrons. The first-order valence-corrected chi connectivity index (χ1v) is 7.74. The fourth-order valence-corrected chi connectivity index (χ4v) is 2.37. The second-order valence-electron chi connectivity index (χ2n) is 5.23. The third-order valence-corrected chi connectivity index (χ3v) is 3.64. The summed E-state index contributed by atoms with van der Waals surface area (Å²) in [4.78, 5) is 33.7. The van der Waals surface area contributed by atoms with E-state index in [1.807, 2.05) is 0 Å². The summed E-state index contributed by atoms with van der Waals surface area (Å²) in [5.41, 5.74) is 1.12. The molecular weight excluding hydrogens is 358 g/mol. The maximum Gasteiger partial charge on any atom is 0.343 e. The Morgan fingerprint density at radius 3 is 2.27 bits per heavy atom. The van der Waals surface area contributed by atoms with Crippen LogP contribution in [0.2, 0.25) is 0 Å². The fourth-order valence-electron chi connectivity index (χ4n) is 2.17. The Balaban J connectivity index is 1.68. The molecule has 1 amide bonds. The first-order chi connectivity index (χ1) is 12.4. The number of benzene rings is 2. The van der Waals surface area contributed by atoms with Crippen LogP contribution in [0.4, 0.5) is 5.69 Å². The minimum atomic E-state index is -0.631. The highest BCUT2D eigenvalue weighted by molar-refractivity contribution is 7.80. The number of thiocarbonyl (C=S) groups is 1. The second-order valence-corrected chi connectivity index (χ2v) is 5.64. The van der Waals surface area contributed by atoms with Gasteiger partial charge in [-0.3, -0.25) is 20.2 Å². The van der Waals surface area contributed by atoms with Gasteiger partial charge in [-0.25, -0.2) is 4.79 Å². The lowest BCUT2D eigenvalue weighted by molar-refractivity contribution is -0.384. The summed E-state index contributed by atoms with van der Waals surface area (Å²) in [5.74, 6) is -0.647. The maximum absolute atomic E-state index is 12.1. The van der Waals surface area contributed by atoms with Crippen LogP contribution in [-0.4, -0.2) is 21.9 Å². The van der Waals surface area contributed by atoms with E-state index in [-0.39, 0.29) is 22.3 Å². The monoisotopic (exact) mass is 369 g/mol. The average molecular weight is 369 g/mol. The molecule has 0 aliphatic carbocycles. The minimum absolute atomic E-state index is 0.108. The zero-order chi connectivity index (χ0) is 18.7. The van der Waals surface area contributed by atoms with E-state index >= 15 is 0 Å². The van der Waals surface area contributed by atoms with Crippen LogP contribution in [0.5, 0.6) is 5.75 Å². The van der Waals surface area contributed by atoms with Gasteiger partial charge < -0.3 is 10.1 Å². The van der Waals surface area contributed by atoms with E-state index in [0.29, 0.717) is 17.0 Å². The number of non-ortho nitro benzene ring substituents is 1. The van der Waals surface area contributed by atoms with Crippen LogP contribution in [0.3, 0.4) is 0 Å². The highest BCUT2D eigenvalue weighted by Gasteiger charge is 2.19.